The van der Waals surface area contributed by atoms with Crippen LogP contribution in [-0.2, 0) is 0 Å². The van der Waals surface area contributed by atoms with E-state index >= 15 is 0 Å². The van der Waals surface area contributed by atoms with Gasteiger partial charge in [0.15, 0.2) is 5.75 Å². The Hall–Kier alpha value is -2.03. The number of para-hydroxylation sites is 2. The summed E-state index contributed by atoms with van der Waals surface area (Å²) in [5, 5.41) is 0. The van der Waals surface area contributed by atoms with Gasteiger partial charge >= 0.3 is 0 Å². The third-order valence-electron chi connectivity index (χ3n) is 1.77. The van der Waals surface area contributed by atoms with Gasteiger partial charge in [0.25, 0.3) is 0 Å². The first-order chi connectivity index (χ1) is 6.86. The molecule has 0 atom stereocenters. The average molecular weight is 186 g/mol. The number of hydrogen-bond donors (Lipinski definition) is 1. The van der Waals surface area contributed by atoms with Crippen molar-refractivity contribution in [2.75, 3.05) is 5.73 Å². The van der Waals surface area contributed by atoms with Gasteiger partial charge in [0.1, 0.15) is 0 Å². The number of aromatic nitrogens is 1. The fraction of sp³-hybridized carbons (Fsp3) is 0. The molecule has 2 rings (SSSR count). The Morgan fingerprint density at radius 1 is 1.00 bits per heavy atom. The van der Waals surface area contributed by atoms with Crippen molar-refractivity contribution in [3.63, 3.8) is 0 Å². The summed E-state index contributed by atoms with van der Waals surface area (Å²) < 4.78 is 5.47. The van der Waals surface area contributed by atoms with Gasteiger partial charge < -0.3 is 10.5 Å². The van der Waals surface area contributed by atoms with E-state index in [1.54, 1.807) is 18.3 Å². The monoisotopic (exact) mass is 186 g/mol. The quantitative estimate of drug-likeness (QED) is 0.733. The maximum atomic E-state index is 5.72. The molecule has 2 aromatic rings. The zero-order valence-corrected chi connectivity index (χ0v) is 7.55. The number of pyridine rings is 1. The van der Waals surface area contributed by atoms with Crippen molar-refractivity contribution in [3.8, 4) is 11.6 Å². The highest BCUT2D eigenvalue weighted by Crippen LogP contribution is 2.24. The molecular formula is C11H10N2O. The SMILES string of the molecule is Nc1ccccc1Oc1ccccn1. The van der Waals surface area contributed by atoms with E-state index in [9.17, 15) is 0 Å². The largest absolute Gasteiger partial charge is 0.437 e. The molecule has 0 bridgehead atoms. The number of benzene rings is 1. The maximum absolute atomic E-state index is 5.72. The Morgan fingerprint density at radius 2 is 1.79 bits per heavy atom. The van der Waals surface area contributed by atoms with Gasteiger partial charge in [-0.1, -0.05) is 18.2 Å². The van der Waals surface area contributed by atoms with Crippen molar-refractivity contribution in [2.24, 2.45) is 0 Å². The van der Waals surface area contributed by atoms with Crippen molar-refractivity contribution >= 4 is 5.69 Å². The normalized spacial score (nSPS) is 9.71. The Kier molecular flexibility index (Phi) is 2.32. The van der Waals surface area contributed by atoms with E-state index in [1.165, 1.54) is 0 Å². The van der Waals surface area contributed by atoms with Crippen LogP contribution in [-0.4, -0.2) is 4.98 Å². The van der Waals surface area contributed by atoms with E-state index in [-0.39, 0.29) is 0 Å². The van der Waals surface area contributed by atoms with Gasteiger partial charge in [-0.15, -0.1) is 0 Å². The summed E-state index contributed by atoms with van der Waals surface area (Å²) in [5.74, 6) is 1.18. The van der Waals surface area contributed by atoms with Crippen molar-refractivity contribution in [2.45, 2.75) is 0 Å². The first kappa shape index (κ1) is 8.56. The topological polar surface area (TPSA) is 48.1 Å². The molecule has 3 nitrogen and oxygen atoms in total. The van der Waals surface area contributed by atoms with Crippen molar-refractivity contribution < 1.29 is 4.74 Å². The number of rotatable bonds is 2. The molecule has 3 heteroatoms. The van der Waals surface area contributed by atoms with E-state index < -0.39 is 0 Å². The van der Waals surface area contributed by atoms with Gasteiger partial charge in [-0.3, -0.25) is 0 Å². The second kappa shape index (κ2) is 3.79. The number of nitrogens with zero attached hydrogens (tertiary/aromatic N) is 1. The lowest BCUT2D eigenvalue weighted by atomic mass is 10.3. The van der Waals surface area contributed by atoms with Crippen LogP contribution in [0.15, 0.2) is 48.7 Å². The van der Waals surface area contributed by atoms with E-state index in [4.69, 9.17) is 10.5 Å². The lowest BCUT2D eigenvalue weighted by Crippen LogP contribution is -1.92. The molecule has 2 N–H and O–H groups in total. The first-order valence-electron chi connectivity index (χ1n) is 4.29. The smallest absolute Gasteiger partial charge is 0.219 e. The Bertz CT molecular complexity index is 415. The van der Waals surface area contributed by atoms with Gasteiger partial charge in [-0.05, 0) is 18.2 Å². The zero-order chi connectivity index (χ0) is 9.80. The highest BCUT2D eigenvalue weighted by Gasteiger charge is 1.99. The van der Waals surface area contributed by atoms with Crippen molar-refractivity contribution in [1.82, 2.24) is 4.98 Å². The fourth-order valence-electron chi connectivity index (χ4n) is 1.09. The Balaban J connectivity index is 2.24. The standard InChI is InChI=1S/C11H10N2O/c12-9-5-1-2-6-10(9)14-11-7-3-4-8-13-11/h1-8H,12H2. The lowest BCUT2D eigenvalue weighted by molar-refractivity contribution is 0.465. The molecule has 0 amide bonds. The molecule has 0 saturated heterocycles. The molecule has 0 unspecified atom stereocenters. The molecule has 1 aromatic heterocycles. The van der Waals surface area contributed by atoms with Crippen LogP contribution in [0.1, 0.15) is 0 Å². The number of ether oxygens (including phenoxy) is 1. The number of hydrogen-bond acceptors (Lipinski definition) is 3. The Morgan fingerprint density at radius 3 is 2.50 bits per heavy atom. The van der Waals surface area contributed by atoms with Gasteiger partial charge in [0.05, 0.1) is 5.69 Å². The summed E-state index contributed by atoms with van der Waals surface area (Å²) in [6.45, 7) is 0. The second-order valence-electron chi connectivity index (χ2n) is 2.81. The summed E-state index contributed by atoms with van der Waals surface area (Å²) in [6.07, 6.45) is 1.68. The third kappa shape index (κ3) is 1.82. The van der Waals surface area contributed by atoms with E-state index in [0.717, 1.165) is 0 Å². The molecule has 0 aliphatic heterocycles. The number of anilines is 1. The first-order valence-corrected chi connectivity index (χ1v) is 4.29. The average Bonchev–Trinajstić information content (AvgIpc) is 2.23. The summed E-state index contributed by atoms with van der Waals surface area (Å²) in [6, 6.07) is 12.8. The highest BCUT2D eigenvalue weighted by atomic mass is 16.5. The molecule has 0 aliphatic carbocycles. The van der Waals surface area contributed by atoms with E-state index in [0.29, 0.717) is 17.3 Å². The van der Waals surface area contributed by atoms with Crippen molar-refractivity contribution in [1.29, 1.82) is 0 Å². The zero-order valence-electron chi connectivity index (χ0n) is 7.55. The summed E-state index contributed by atoms with van der Waals surface area (Å²) in [5.41, 5.74) is 6.33. The lowest BCUT2D eigenvalue weighted by Gasteiger charge is -2.05. The molecule has 0 radical (unpaired) electrons. The molecule has 14 heavy (non-hydrogen) atoms. The molecular weight excluding hydrogens is 176 g/mol. The van der Waals surface area contributed by atoms with Crippen LogP contribution in [0.5, 0.6) is 11.6 Å². The summed E-state index contributed by atoms with van der Waals surface area (Å²) in [7, 11) is 0. The molecule has 0 spiro atoms. The molecule has 1 heterocycles. The molecule has 0 aliphatic rings. The predicted molar refractivity (Wildman–Crippen MR) is 55.2 cm³/mol. The highest BCUT2D eigenvalue weighted by molar-refractivity contribution is 5.52. The van der Waals surface area contributed by atoms with Crippen LogP contribution < -0.4 is 10.5 Å². The van der Waals surface area contributed by atoms with Gasteiger partial charge in [0.2, 0.25) is 5.88 Å². The van der Waals surface area contributed by atoms with E-state index in [1.807, 2.05) is 30.3 Å². The fourth-order valence-corrected chi connectivity index (χ4v) is 1.09. The maximum Gasteiger partial charge on any atom is 0.219 e. The number of nitrogens with two attached hydrogens (primary N) is 1. The molecule has 1 aromatic carbocycles. The summed E-state index contributed by atoms with van der Waals surface area (Å²) >= 11 is 0. The van der Waals surface area contributed by atoms with Crippen LogP contribution in [0.3, 0.4) is 0 Å². The number of nitrogen functional groups attached to an aromatic ring is 1. The van der Waals surface area contributed by atoms with Crippen LogP contribution in [0, 0.1) is 0 Å². The van der Waals surface area contributed by atoms with Crippen LogP contribution in [0.2, 0.25) is 0 Å². The molecule has 0 fully saturated rings. The van der Waals surface area contributed by atoms with Gasteiger partial charge in [-0.25, -0.2) is 4.98 Å². The minimum Gasteiger partial charge on any atom is -0.437 e. The van der Waals surface area contributed by atoms with Crippen LogP contribution in [0.4, 0.5) is 5.69 Å². The summed E-state index contributed by atoms with van der Waals surface area (Å²) in [4.78, 5) is 4.04. The minimum absolute atomic E-state index is 0.547. The molecule has 0 saturated carbocycles. The van der Waals surface area contributed by atoms with Crippen LogP contribution >= 0.6 is 0 Å². The predicted octanol–water partition coefficient (Wildman–Crippen LogP) is 2.46. The van der Waals surface area contributed by atoms with Gasteiger partial charge in [-0.2, -0.15) is 0 Å². The van der Waals surface area contributed by atoms with Crippen molar-refractivity contribution in [3.05, 3.63) is 48.7 Å². The van der Waals surface area contributed by atoms with Gasteiger partial charge in [0, 0.05) is 12.3 Å². The second-order valence-corrected chi connectivity index (χ2v) is 2.81. The Labute approximate surface area is 82.2 Å². The van der Waals surface area contributed by atoms with E-state index in [2.05, 4.69) is 4.98 Å². The minimum atomic E-state index is 0.547. The molecule has 70 valence electrons. The third-order valence-corrected chi connectivity index (χ3v) is 1.77. The van der Waals surface area contributed by atoms with Crippen LogP contribution in [0.25, 0.3) is 0 Å².